The minimum absolute atomic E-state index is 0.394. The average molecular weight is 341 g/mol. The minimum atomic E-state index is -0.454. The molecule has 2 N–H and O–H groups in total. The molecule has 1 heterocycles. The Morgan fingerprint density at radius 1 is 1.30 bits per heavy atom. The fraction of sp³-hybridized carbons (Fsp3) is 0.625. The number of hydrogen-bond acceptors (Lipinski definition) is 3. The molecule has 1 aliphatic rings. The Bertz CT molecular complexity index is 409. The number of benzene rings is 1. The maximum absolute atomic E-state index is 9.98. The Morgan fingerprint density at radius 3 is 2.45 bits per heavy atom. The van der Waals surface area contributed by atoms with Gasteiger partial charge in [-0.15, -0.1) is 0 Å². The third-order valence-electron chi connectivity index (χ3n) is 4.29. The maximum Gasteiger partial charge on any atom is 0.0644 e. The molecule has 1 fully saturated rings. The van der Waals surface area contributed by atoms with Crippen molar-refractivity contribution in [3.05, 3.63) is 34.3 Å². The molecule has 0 aromatic heterocycles. The lowest BCUT2D eigenvalue weighted by molar-refractivity contribution is -0.00593. The molecule has 3 nitrogen and oxygen atoms in total. The molecule has 20 heavy (non-hydrogen) atoms. The molecule has 1 atom stereocenters. The van der Waals surface area contributed by atoms with Crippen molar-refractivity contribution in [3.8, 4) is 0 Å². The number of halogens is 1. The summed E-state index contributed by atoms with van der Waals surface area (Å²) in [4.78, 5) is 2.46. The molecule has 1 aliphatic heterocycles. The van der Waals surface area contributed by atoms with Crippen LogP contribution in [-0.4, -0.2) is 42.3 Å². The van der Waals surface area contributed by atoms with Gasteiger partial charge < -0.3 is 15.3 Å². The van der Waals surface area contributed by atoms with Crippen LogP contribution in [0.2, 0.25) is 0 Å². The first-order valence-corrected chi connectivity index (χ1v) is 8.17. The molecule has 4 heteroatoms. The highest BCUT2D eigenvalue weighted by atomic mass is 79.9. The predicted molar refractivity (Wildman–Crippen MR) is 86.9 cm³/mol. The van der Waals surface area contributed by atoms with Crippen LogP contribution in [0.5, 0.6) is 0 Å². The van der Waals surface area contributed by atoms with E-state index in [9.17, 15) is 5.11 Å². The Hall–Kier alpha value is -0.420. The molecule has 0 amide bonds. The summed E-state index contributed by atoms with van der Waals surface area (Å²) in [7, 11) is 2.02. The van der Waals surface area contributed by atoms with Crippen LogP contribution in [0, 0.1) is 0 Å². The monoisotopic (exact) mass is 340 g/mol. The van der Waals surface area contributed by atoms with Crippen LogP contribution >= 0.6 is 15.9 Å². The van der Waals surface area contributed by atoms with E-state index in [1.165, 1.54) is 5.56 Å². The first kappa shape index (κ1) is 16.0. The third-order valence-corrected chi connectivity index (χ3v) is 4.82. The zero-order valence-electron chi connectivity index (χ0n) is 12.4. The molecule has 0 spiro atoms. The number of piperidine rings is 1. The lowest BCUT2D eigenvalue weighted by Crippen LogP contribution is -2.43. The zero-order valence-corrected chi connectivity index (χ0v) is 14.0. The molecule has 2 rings (SSSR count). The molecule has 1 aromatic carbocycles. The van der Waals surface area contributed by atoms with Crippen molar-refractivity contribution in [2.45, 2.75) is 37.8 Å². The first-order chi connectivity index (χ1) is 9.50. The van der Waals surface area contributed by atoms with Gasteiger partial charge in [0, 0.05) is 23.6 Å². The summed E-state index contributed by atoms with van der Waals surface area (Å²) in [5, 5.41) is 13.4. The number of hydrogen-bond donors (Lipinski definition) is 2. The van der Waals surface area contributed by atoms with Gasteiger partial charge in [-0.2, -0.15) is 0 Å². The van der Waals surface area contributed by atoms with E-state index in [0.717, 1.165) is 43.4 Å². The van der Waals surface area contributed by atoms with E-state index in [0.29, 0.717) is 6.04 Å². The summed E-state index contributed by atoms with van der Waals surface area (Å²) in [6, 6.07) is 8.93. The third kappa shape index (κ3) is 4.55. The molecule has 1 aromatic rings. The summed E-state index contributed by atoms with van der Waals surface area (Å²) in [5.74, 6) is 0. The maximum atomic E-state index is 9.98. The smallest absolute Gasteiger partial charge is 0.0644 e. The largest absolute Gasteiger partial charge is 0.390 e. The van der Waals surface area contributed by atoms with Crippen LogP contribution in [0.25, 0.3) is 0 Å². The molecule has 0 radical (unpaired) electrons. The van der Waals surface area contributed by atoms with E-state index in [4.69, 9.17) is 0 Å². The van der Waals surface area contributed by atoms with Gasteiger partial charge in [-0.25, -0.2) is 0 Å². The fourth-order valence-corrected chi connectivity index (χ4v) is 3.01. The lowest BCUT2D eigenvalue weighted by Gasteiger charge is -2.36. The Kier molecular flexibility index (Phi) is 5.61. The standard InChI is InChI=1S/C16H25BrN2O/c1-16(20)8-11-19(12-9-16)10-7-15(18-2)13-3-5-14(17)6-4-13/h3-6,15,18,20H,7-12H2,1-2H3. The van der Waals surface area contributed by atoms with Gasteiger partial charge in [0.25, 0.3) is 0 Å². The van der Waals surface area contributed by atoms with Gasteiger partial charge in [0.2, 0.25) is 0 Å². The van der Waals surface area contributed by atoms with E-state index >= 15 is 0 Å². The molecule has 112 valence electrons. The van der Waals surface area contributed by atoms with Crippen molar-refractivity contribution >= 4 is 15.9 Å². The molecule has 0 aliphatic carbocycles. The fourth-order valence-electron chi connectivity index (χ4n) is 2.74. The molecule has 0 bridgehead atoms. The van der Waals surface area contributed by atoms with Crippen molar-refractivity contribution < 1.29 is 5.11 Å². The van der Waals surface area contributed by atoms with Crippen LogP contribution in [-0.2, 0) is 0 Å². The summed E-state index contributed by atoms with van der Waals surface area (Å²) in [6.07, 6.45) is 2.87. The van der Waals surface area contributed by atoms with E-state index in [-0.39, 0.29) is 0 Å². The average Bonchev–Trinajstić information content (AvgIpc) is 2.43. The van der Waals surface area contributed by atoms with Crippen LogP contribution in [0.1, 0.15) is 37.8 Å². The Morgan fingerprint density at radius 2 is 1.90 bits per heavy atom. The zero-order chi connectivity index (χ0) is 14.6. The summed E-state index contributed by atoms with van der Waals surface area (Å²) in [6.45, 7) is 5.04. The van der Waals surface area contributed by atoms with Crippen molar-refractivity contribution in [1.82, 2.24) is 10.2 Å². The van der Waals surface area contributed by atoms with Crippen molar-refractivity contribution in [1.29, 1.82) is 0 Å². The second kappa shape index (κ2) is 7.03. The van der Waals surface area contributed by atoms with Gasteiger partial charge in [0.05, 0.1) is 5.60 Å². The van der Waals surface area contributed by atoms with Crippen LogP contribution in [0.3, 0.4) is 0 Å². The van der Waals surface area contributed by atoms with Gasteiger partial charge in [-0.3, -0.25) is 0 Å². The van der Waals surface area contributed by atoms with Crippen LogP contribution in [0.4, 0.5) is 0 Å². The van der Waals surface area contributed by atoms with Crippen molar-refractivity contribution in [3.63, 3.8) is 0 Å². The number of rotatable bonds is 5. The summed E-state index contributed by atoms with van der Waals surface area (Å²) < 4.78 is 1.12. The van der Waals surface area contributed by atoms with Crippen molar-refractivity contribution in [2.75, 3.05) is 26.7 Å². The normalized spacial score (nSPS) is 20.8. The summed E-state index contributed by atoms with van der Waals surface area (Å²) in [5.41, 5.74) is 0.879. The van der Waals surface area contributed by atoms with E-state index in [2.05, 4.69) is 50.4 Å². The van der Waals surface area contributed by atoms with Crippen LogP contribution in [0.15, 0.2) is 28.7 Å². The van der Waals surface area contributed by atoms with E-state index < -0.39 is 5.60 Å². The van der Waals surface area contributed by atoms with Gasteiger partial charge in [0.1, 0.15) is 0 Å². The SMILES string of the molecule is CNC(CCN1CCC(C)(O)CC1)c1ccc(Br)cc1. The highest BCUT2D eigenvalue weighted by Crippen LogP contribution is 2.23. The van der Waals surface area contributed by atoms with Crippen molar-refractivity contribution in [2.24, 2.45) is 0 Å². The van der Waals surface area contributed by atoms with Crippen LogP contribution < -0.4 is 5.32 Å². The quantitative estimate of drug-likeness (QED) is 0.864. The van der Waals surface area contributed by atoms with Gasteiger partial charge >= 0.3 is 0 Å². The number of nitrogens with one attached hydrogen (secondary N) is 1. The summed E-state index contributed by atoms with van der Waals surface area (Å²) >= 11 is 3.48. The Labute approximate surface area is 130 Å². The molecule has 1 unspecified atom stereocenters. The second-order valence-electron chi connectivity index (χ2n) is 6.02. The van der Waals surface area contributed by atoms with E-state index in [1.807, 2.05) is 14.0 Å². The molecular formula is C16H25BrN2O. The number of nitrogens with zero attached hydrogens (tertiary/aromatic N) is 1. The highest BCUT2D eigenvalue weighted by molar-refractivity contribution is 9.10. The Balaban J connectivity index is 1.84. The lowest BCUT2D eigenvalue weighted by atomic mass is 9.93. The predicted octanol–water partition coefficient (Wildman–Crippen LogP) is 2.95. The topological polar surface area (TPSA) is 35.5 Å². The molecule has 0 saturated carbocycles. The molecular weight excluding hydrogens is 316 g/mol. The van der Waals surface area contributed by atoms with Gasteiger partial charge in [0.15, 0.2) is 0 Å². The van der Waals surface area contributed by atoms with Gasteiger partial charge in [-0.05, 0) is 57.5 Å². The van der Waals surface area contributed by atoms with E-state index in [1.54, 1.807) is 0 Å². The van der Waals surface area contributed by atoms with Gasteiger partial charge in [-0.1, -0.05) is 28.1 Å². The second-order valence-corrected chi connectivity index (χ2v) is 6.94. The number of likely N-dealkylation sites (tertiary alicyclic amines) is 1. The number of aliphatic hydroxyl groups is 1. The molecule has 1 saturated heterocycles. The first-order valence-electron chi connectivity index (χ1n) is 7.38. The minimum Gasteiger partial charge on any atom is -0.390 e. The highest BCUT2D eigenvalue weighted by Gasteiger charge is 2.27.